The van der Waals surface area contributed by atoms with E-state index in [4.69, 9.17) is 4.74 Å². The van der Waals surface area contributed by atoms with E-state index in [-0.39, 0.29) is 12.3 Å². The zero-order valence-corrected chi connectivity index (χ0v) is 14.0. The molecule has 1 aliphatic rings. The van der Waals surface area contributed by atoms with Gasteiger partial charge in [0.25, 0.3) is 0 Å². The van der Waals surface area contributed by atoms with Crippen LogP contribution in [0.3, 0.4) is 0 Å². The number of hydrogen-bond donors (Lipinski definition) is 1. The molecule has 0 saturated carbocycles. The minimum absolute atomic E-state index is 0.0860. The number of hydrogen-bond acceptors (Lipinski definition) is 3. The van der Waals surface area contributed by atoms with Crippen LogP contribution < -0.4 is 5.32 Å². The Labute approximate surface area is 128 Å². The van der Waals surface area contributed by atoms with Crippen LogP contribution in [0.4, 0.5) is 4.79 Å². The molecular formula is C15H22BrNO3. The second-order valence-corrected chi connectivity index (χ2v) is 6.88. The molecule has 0 aromatic carbocycles. The SMILES string of the molecule is CC1/C=C(Br)\C(CNC(=O)OC(C)(C)C)=C/C(=O)CC1. The van der Waals surface area contributed by atoms with Crippen molar-refractivity contribution in [1.29, 1.82) is 0 Å². The smallest absolute Gasteiger partial charge is 0.407 e. The minimum atomic E-state index is -0.531. The third-order valence-corrected chi connectivity index (χ3v) is 3.51. The predicted molar refractivity (Wildman–Crippen MR) is 82.7 cm³/mol. The van der Waals surface area contributed by atoms with E-state index in [1.807, 2.05) is 20.8 Å². The molecular weight excluding hydrogens is 322 g/mol. The van der Waals surface area contributed by atoms with E-state index >= 15 is 0 Å². The average molecular weight is 344 g/mol. The maximum atomic E-state index is 11.7. The Morgan fingerprint density at radius 1 is 1.50 bits per heavy atom. The molecule has 0 aromatic rings. The summed E-state index contributed by atoms with van der Waals surface area (Å²) in [5, 5.41) is 2.67. The molecule has 0 saturated heterocycles. The van der Waals surface area contributed by atoms with Crippen molar-refractivity contribution < 1.29 is 14.3 Å². The molecule has 0 bridgehead atoms. The van der Waals surface area contributed by atoms with Gasteiger partial charge in [0.15, 0.2) is 5.78 Å². The lowest BCUT2D eigenvalue weighted by atomic mass is 9.98. The van der Waals surface area contributed by atoms with Crippen LogP contribution in [-0.4, -0.2) is 24.0 Å². The van der Waals surface area contributed by atoms with Gasteiger partial charge in [0.2, 0.25) is 0 Å². The Hall–Kier alpha value is -1.10. The summed E-state index contributed by atoms with van der Waals surface area (Å²) in [7, 11) is 0. The number of ether oxygens (including phenoxy) is 1. The fraction of sp³-hybridized carbons (Fsp3) is 0.600. The number of ketones is 1. The number of alkyl carbamates (subject to hydrolysis) is 1. The second-order valence-electron chi connectivity index (χ2n) is 6.02. The first-order valence-corrected chi connectivity index (χ1v) is 7.54. The van der Waals surface area contributed by atoms with Gasteiger partial charge in [-0.05, 0) is 44.8 Å². The summed E-state index contributed by atoms with van der Waals surface area (Å²) in [4.78, 5) is 23.4. The Morgan fingerprint density at radius 3 is 2.75 bits per heavy atom. The summed E-state index contributed by atoms with van der Waals surface area (Å²) in [5.74, 6) is 0.418. The van der Waals surface area contributed by atoms with Gasteiger partial charge in [-0.1, -0.05) is 28.9 Å². The third kappa shape index (κ3) is 6.37. The standard InChI is InChI=1S/C15H22BrNO3/c1-10-5-6-12(18)8-11(13(16)7-10)9-17-14(19)20-15(2,3)4/h7-8,10H,5-6,9H2,1-4H3,(H,17,19)/b11-8-,13-7+. The Balaban J connectivity index is 2.68. The number of allylic oxidation sites excluding steroid dienone is 2. The summed E-state index contributed by atoms with van der Waals surface area (Å²) in [6.45, 7) is 7.76. The summed E-state index contributed by atoms with van der Waals surface area (Å²) in [6, 6.07) is 0. The molecule has 5 heteroatoms. The Morgan fingerprint density at radius 2 is 2.15 bits per heavy atom. The topological polar surface area (TPSA) is 55.4 Å². The molecule has 0 spiro atoms. The van der Waals surface area contributed by atoms with Gasteiger partial charge in [0.1, 0.15) is 5.60 Å². The molecule has 1 unspecified atom stereocenters. The van der Waals surface area contributed by atoms with Crippen LogP contribution in [0.1, 0.15) is 40.5 Å². The quantitative estimate of drug-likeness (QED) is 0.831. The highest BCUT2D eigenvalue weighted by atomic mass is 79.9. The summed E-state index contributed by atoms with van der Waals surface area (Å²) in [6.07, 6.45) is 4.55. The van der Waals surface area contributed by atoms with Gasteiger partial charge >= 0.3 is 6.09 Å². The van der Waals surface area contributed by atoms with Gasteiger partial charge in [-0.25, -0.2) is 4.79 Å². The Kier molecular flexibility index (Phi) is 5.99. The van der Waals surface area contributed by atoms with Gasteiger partial charge in [0.05, 0.1) is 0 Å². The molecule has 0 aliphatic heterocycles. The van der Waals surface area contributed by atoms with E-state index in [1.165, 1.54) is 0 Å². The molecule has 4 nitrogen and oxygen atoms in total. The predicted octanol–water partition coefficient (Wildman–Crippen LogP) is 3.72. The Bertz CT molecular complexity index is 447. The van der Waals surface area contributed by atoms with E-state index in [0.29, 0.717) is 12.3 Å². The lowest BCUT2D eigenvalue weighted by Crippen LogP contribution is -2.33. The largest absolute Gasteiger partial charge is 0.444 e. The van der Waals surface area contributed by atoms with Gasteiger partial charge in [-0.2, -0.15) is 0 Å². The highest BCUT2D eigenvalue weighted by molar-refractivity contribution is 9.12. The molecule has 1 rings (SSSR count). The third-order valence-electron chi connectivity index (χ3n) is 2.74. The van der Waals surface area contributed by atoms with Crippen molar-refractivity contribution in [2.75, 3.05) is 6.54 Å². The molecule has 1 aliphatic carbocycles. The molecule has 0 heterocycles. The number of rotatable bonds is 2. The maximum absolute atomic E-state index is 11.7. The lowest BCUT2D eigenvalue weighted by Gasteiger charge is -2.20. The van der Waals surface area contributed by atoms with Crippen LogP contribution in [-0.2, 0) is 9.53 Å². The fourth-order valence-electron chi connectivity index (χ4n) is 1.76. The van der Waals surface area contributed by atoms with Crippen LogP contribution in [0, 0.1) is 5.92 Å². The van der Waals surface area contributed by atoms with E-state index in [9.17, 15) is 9.59 Å². The van der Waals surface area contributed by atoms with Crippen molar-refractivity contribution in [3.8, 4) is 0 Å². The van der Waals surface area contributed by atoms with Crippen LogP contribution >= 0.6 is 15.9 Å². The van der Waals surface area contributed by atoms with Crippen LogP contribution in [0.25, 0.3) is 0 Å². The van der Waals surface area contributed by atoms with Crippen molar-refractivity contribution in [2.45, 2.75) is 46.1 Å². The monoisotopic (exact) mass is 343 g/mol. The van der Waals surface area contributed by atoms with Crippen molar-refractivity contribution in [2.24, 2.45) is 5.92 Å². The van der Waals surface area contributed by atoms with Gasteiger partial charge in [0, 0.05) is 17.4 Å². The summed E-state index contributed by atoms with van der Waals surface area (Å²) >= 11 is 3.47. The van der Waals surface area contributed by atoms with Crippen molar-refractivity contribution in [3.05, 3.63) is 22.2 Å². The van der Waals surface area contributed by atoms with Crippen molar-refractivity contribution in [1.82, 2.24) is 5.32 Å². The van der Waals surface area contributed by atoms with Crippen molar-refractivity contribution in [3.63, 3.8) is 0 Å². The highest BCUT2D eigenvalue weighted by Crippen LogP contribution is 2.24. The summed E-state index contributed by atoms with van der Waals surface area (Å²) in [5.41, 5.74) is 0.240. The second kappa shape index (κ2) is 7.07. The fourth-order valence-corrected chi connectivity index (χ4v) is 2.47. The molecule has 20 heavy (non-hydrogen) atoms. The van der Waals surface area contributed by atoms with Crippen molar-refractivity contribution >= 4 is 27.8 Å². The summed E-state index contributed by atoms with van der Waals surface area (Å²) < 4.78 is 6.03. The molecule has 1 atom stereocenters. The van der Waals surface area contributed by atoms with E-state index < -0.39 is 11.7 Å². The number of halogens is 1. The normalized spacial score (nSPS) is 25.6. The zero-order chi connectivity index (χ0) is 15.3. The minimum Gasteiger partial charge on any atom is -0.444 e. The molecule has 0 aromatic heterocycles. The lowest BCUT2D eigenvalue weighted by molar-refractivity contribution is -0.114. The molecule has 112 valence electrons. The van der Waals surface area contributed by atoms with Gasteiger partial charge < -0.3 is 10.1 Å². The first-order valence-electron chi connectivity index (χ1n) is 6.75. The average Bonchev–Trinajstić information content (AvgIpc) is 2.28. The number of amides is 1. The molecule has 0 fully saturated rings. The molecule has 0 radical (unpaired) electrons. The number of nitrogens with one attached hydrogen (secondary N) is 1. The maximum Gasteiger partial charge on any atom is 0.407 e. The zero-order valence-electron chi connectivity index (χ0n) is 12.5. The van der Waals surface area contributed by atoms with Crippen LogP contribution in [0.15, 0.2) is 22.2 Å². The van der Waals surface area contributed by atoms with E-state index in [2.05, 4.69) is 34.2 Å². The van der Waals surface area contributed by atoms with Crippen LogP contribution in [0.5, 0.6) is 0 Å². The van der Waals surface area contributed by atoms with Gasteiger partial charge in [-0.15, -0.1) is 0 Å². The van der Waals surface area contributed by atoms with E-state index in [0.717, 1.165) is 16.5 Å². The molecule has 1 amide bonds. The molecule has 1 N–H and O–H groups in total. The first kappa shape index (κ1) is 17.0. The number of carbonyl (C=O) groups is 2. The van der Waals surface area contributed by atoms with Gasteiger partial charge in [-0.3, -0.25) is 4.79 Å². The highest BCUT2D eigenvalue weighted by Gasteiger charge is 2.17. The first-order chi connectivity index (χ1) is 9.17. The van der Waals surface area contributed by atoms with E-state index in [1.54, 1.807) is 6.08 Å². The van der Waals surface area contributed by atoms with Crippen LogP contribution in [0.2, 0.25) is 0 Å². The number of carbonyl (C=O) groups excluding carboxylic acids is 2.